The second-order valence-corrected chi connectivity index (χ2v) is 6.81. The molecule has 0 aromatic rings. The van der Waals surface area contributed by atoms with Crippen molar-refractivity contribution in [3.8, 4) is 0 Å². The molecule has 0 aromatic carbocycles. The van der Waals surface area contributed by atoms with E-state index in [9.17, 15) is 14.8 Å². The van der Waals surface area contributed by atoms with E-state index in [2.05, 4.69) is 10.2 Å². The van der Waals surface area contributed by atoms with Crippen LogP contribution in [-0.4, -0.2) is 52.7 Å². The summed E-state index contributed by atoms with van der Waals surface area (Å²) in [7, 11) is 0. The van der Waals surface area contributed by atoms with Crippen LogP contribution in [0.15, 0.2) is 5.29 Å². The molecule has 6 nitrogen and oxygen atoms in total. The van der Waals surface area contributed by atoms with Gasteiger partial charge in [-0.2, -0.15) is 0 Å². The number of carbonyl (C=O) groups is 1. The number of aliphatic carboxylic acids is 1. The number of fused-ring (bicyclic) bond motifs is 1. The highest BCUT2D eigenvalue weighted by Crippen LogP contribution is 2.38. The molecule has 0 aromatic heterocycles. The maximum absolute atomic E-state index is 11.7. The molecule has 4 atom stereocenters. The van der Waals surface area contributed by atoms with Crippen molar-refractivity contribution < 1.29 is 9.90 Å². The molecule has 1 N–H and O–H groups in total. The van der Waals surface area contributed by atoms with E-state index in [-0.39, 0.29) is 23.9 Å². The minimum atomic E-state index is -0.668. The lowest BCUT2D eigenvalue weighted by molar-refractivity contribution is -0.149. The molecule has 118 valence electrons. The third kappa shape index (κ3) is 2.91. The second-order valence-electron chi connectivity index (χ2n) is 6.81. The first-order valence-corrected chi connectivity index (χ1v) is 8.27. The van der Waals surface area contributed by atoms with E-state index in [4.69, 9.17) is 0 Å². The van der Waals surface area contributed by atoms with Gasteiger partial charge in [0.15, 0.2) is 0 Å². The normalized spacial score (nSPS) is 37.8. The second kappa shape index (κ2) is 6.30. The van der Waals surface area contributed by atoms with Gasteiger partial charge in [0.25, 0.3) is 0 Å². The molecule has 3 heterocycles. The van der Waals surface area contributed by atoms with Crippen LogP contribution in [0, 0.1) is 16.7 Å². The van der Waals surface area contributed by atoms with Gasteiger partial charge in [0.05, 0.1) is 17.2 Å². The number of piperidine rings is 3. The highest BCUT2D eigenvalue weighted by Gasteiger charge is 2.44. The van der Waals surface area contributed by atoms with Crippen molar-refractivity contribution in [2.24, 2.45) is 17.1 Å². The summed E-state index contributed by atoms with van der Waals surface area (Å²) in [6.07, 6.45) is 7.12. The molecule has 0 saturated carbocycles. The molecule has 0 spiro atoms. The van der Waals surface area contributed by atoms with Gasteiger partial charge >= 0.3 is 5.97 Å². The van der Waals surface area contributed by atoms with Gasteiger partial charge in [-0.05, 0) is 51.0 Å². The summed E-state index contributed by atoms with van der Waals surface area (Å²) in [4.78, 5) is 25.1. The molecule has 0 bridgehead atoms. The molecule has 3 fully saturated rings. The minimum absolute atomic E-state index is 0.140. The van der Waals surface area contributed by atoms with Crippen LogP contribution < -0.4 is 0 Å². The molecule has 3 aliphatic heterocycles. The fourth-order valence-corrected chi connectivity index (χ4v) is 4.62. The molecule has 3 aliphatic rings. The van der Waals surface area contributed by atoms with Crippen LogP contribution >= 0.6 is 0 Å². The number of hydrogen-bond donors (Lipinski definition) is 1. The van der Waals surface area contributed by atoms with Gasteiger partial charge in [-0.25, -0.2) is 0 Å². The molecule has 3 rings (SSSR count). The average Bonchev–Trinajstić information content (AvgIpc) is 2.53. The van der Waals surface area contributed by atoms with Crippen LogP contribution in [0.4, 0.5) is 0 Å². The topological polar surface area (TPSA) is 73.2 Å². The van der Waals surface area contributed by atoms with Crippen molar-refractivity contribution in [2.45, 2.75) is 57.0 Å². The first-order valence-electron chi connectivity index (χ1n) is 8.27. The number of rotatable bonds is 3. The predicted octanol–water partition coefficient (Wildman–Crippen LogP) is 2.10. The maximum atomic E-state index is 11.7. The molecule has 4 unspecified atom stereocenters. The molecule has 21 heavy (non-hydrogen) atoms. The predicted molar refractivity (Wildman–Crippen MR) is 78.6 cm³/mol. The Morgan fingerprint density at radius 2 is 1.76 bits per heavy atom. The van der Waals surface area contributed by atoms with Crippen molar-refractivity contribution in [1.29, 1.82) is 0 Å². The number of nitrogens with zero attached hydrogens (tertiary/aromatic N) is 3. The lowest BCUT2D eigenvalue weighted by Gasteiger charge is -2.49. The van der Waals surface area contributed by atoms with Crippen molar-refractivity contribution in [3.05, 3.63) is 4.91 Å². The molecular weight excluding hydrogens is 270 g/mol. The minimum Gasteiger partial charge on any atom is -0.481 e. The van der Waals surface area contributed by atoms with Crippen LogP contribution in [0.2, 0.25) is 0 Å². The Morgan fingerprint density at radius 3 is 2.48 bits per heavy atom. The van der Waals surface area contributed by atoms with Gasteiger partial charge in [0, 0.05) is 19.1 Å². The zero-order valence-corrected chi connectivity index (χ0v) is 12.5. The summed E-state index contributed by atoms with van der Waals surface area (Å²) < 4.78 is 0. The zero-order chi connectivity index (χ0) is 14.8. The van der Waals surface area contributed by atoms with Crippen LogP contribution in [-0.2, 0) is 4.79 Å². The fourth-order valence-electron chi connectivity index (χ4n) is 4.62. The van der Waals surface area contributed by atoms with Gasteiger partial charge in [0.1, 0.15) is 0 Å². The van der Waals surface area contributed by atoms with Gasteiger partial charge in [-0.1, -0.05) is 6.42 Å². The Labute approximate surface area is 125 Å². The zero-order valence-electron chi connectivity index (χ0n) is 12.5. The van der Waals surface area contributed by atoms with Crippen LogP contribution in [0.1, 0.15) is 44.9 Å². The SMILES string of the molecule is O=NN1CCCCC1C1CC(C(=O)O)C2CCCCN2C1. The number of nitroso groups, excluding NO2 is 1. The van der Waals surface area contributed by atoms with Crippen LogP contribution in [0.25, 0.3) is 0 Å². The lowest BCUT2D eigenvalue weighted by Crippen LogP contribution is -2.57. The molecule has 0 amide bonds. The summed E-state index contributed by atoms with van der Waals surface area (Å²) in [5.74, 6) is -0.684. The Bertz CT molecular complexity index is 404. The van der Waals surface area contributed by atoms with Gasteiger partial charge in [0.2, 0.25) is 0 Å². The van der Waals surface area contributed by atoms with Crippen molar-refractivity contribution in [3.63, 3.8) is 0 Å². The Morgan fingerprint density at radius 1 is 1.05 bits per heavy atom. The highest BCUT2D eigenvalue weighted by atomic mass is 16.4. The van der Waals surface area contributed by atoms with E-state index in [1.807, 2.05) is 0 Å². The molecule has 0 radical (unpaired) electrons. The summed E-state index contributed by atoms with van der Waals surface area (Å²) in [5.41, 5.74) is 0. The lowest BCUT2D eigenvalue weighted by atomic mass is 9.75. The van der Waals surface area contributed by atoms with Crippen molar-refractivity contribution in [2.75, 3.05) is 19.6 Å². The van der Waals surface area contributed by atoms with Crippen LogP contribution in [0.3, 0.4) is 0 Å². The number of carboxylic acids is 1. The summed E-state index contributed by atoms with van der Waals surface area (Å²) in [5, 5.41) is 14.5. The summed E-state index contributed by atoms with van der Waals surface area (Å²) >= 11 is 0. The van der Waals surface area contributed by atoms with E-state index in [0.29, 0.717) is 6.42 Å². The number of hydrogen-bond acceptors (Lipinski definition) is 4. The van der Waals surface area contributed by atoms with Crippen molar-refractivity contribution in [1.82, 2.24) is 9.91 Å². The van der Waals surface area contributed by atoms with Crippen LogP contribution in [0.5, 0.6) is 0 Å². The van der Waals surface area contributed by atoms with E-state index in [0.717, 1.165) is 58.2 Å². The maximum Gasteiger partial charge on any atom is 0.308 e. The van der Waals surface area contributed by atoms with Crippen molar-refractivity contribution >= 4 is 5.97 Å². The third-order valence-corrected chi connectivity index (χ3v) is 5.64. The Hall–Kier alpha value is -1.17. The van der Waals surface area contributed by atoms with Gasteiger partial charge in [-0.15, -0.1) is 4.91 Å². The number of carboxylic acid groups (broad SMARTS) is 1. The average molecular weight is 295 g/mol. The van der Waals surface area contributed by atoms with Gasteiger partial charge < -0.3 is 5.11 Å². The summed E-state index contributed by atoms with van der Waals surface area (Å²) in [6, 6.07) is 0.342. The van der Waals surface area contributed by atoms with Gasteiger partial charge in [-0.3, -0.25) is 14.7 Å². The Balaban J connectivity index is 1.76. The molecule has 6 heteroatoms. The summed E-state index contributed by atoms with van der Waals surface area (Å²) in [6.45, 7) is 2.67. The molecular formula is C15H25N3O3. The first-order chi connectivity index (χ1) is 10.2. The Kier molecular flexibility index (Phi) is 4.42. The standard InChI is InChI=1S/C15H25N3O3/c19-15(20)12-9-11(10-17-7-3-1-6-14(12)17)13-5-2-4-8-18(13)16-21/h11-14H,1-10H2,(H,19,20). The van der Waals surface area contributed by atoms with E-state index < -0.39 is 5.97 Å². The first kappa shape index (κ1) is 14.8. The quantitative estimate of drug-likeness (QED) is 0.807. The van der Waals surface area contributed by atoms with E-state index >= 15 is 0 Å². The van der Waals surface area contributed by atoms with E-state index in [1.54, 1.807) is 5.01 Å². The largest absolute Gasteiger partial charge is 0.481 e. The smallest absolute Gasteiger partial charge is 0.308 e. The molecule has 3 saturated heterocycles. The monoisotopic (exact) mass is 295 g/mol. The third-order valence-electron chi connectivity index (χ3n) is 5.64. The van der Waals surface area contributed by atoms with E-state index in [1.165, 1.54) is 0 Å². The fraction of sp³-hybridized carbons (Fsp3) is 0.933. The molecule has 0 aliphatic carbocycles. The highest BCUT2D eigenvalue weighted by molar-refractivity contribution is 5.71.